The summed E-state index contributed by atoms with van der Waals surface area (Å²) in [6.45, 7) is 0.939. The number of hydrogen-bond acceptors (Lipinski definition) is 3. The van der Waals surface area contributed by atoms with Gasteiger partial charge in [-0.3, -0.25) is 4.79 Å². The van der Waals surface area contributed by atoms with Crippen LogP contribution in [0, 0.1) is 0 Å². The number of nitrogens with two attached hydrogens (primary N) is 1. The van der Waals surface area contributed by atoms with Crippen molar-refractivity contribution in [1.82, 2.24) is 0 Å². The second-order valence-electron chi connectivity index (χ2n) is 4.36. The third-order valence-electron chi connectivity index (χ3n) is 2.94. The molecule has 0 atom stereocenters. The first kappa shape index (κ1) is 14.1. The number of carbonyl (C=O) groups is 1. The lowest BCUT2D eigenvalue weighted by Gasteiger charge is -2.17. The average Bonchev–Trinajstić information content (AvgIpc) is 2.53. The molecule has 20 heavy (non-hydrogen) atoms. The topological polar surface area (TPSA) is 55.6 Å². The molecule has 0 aliphatic heterocycles. The number of para-hydroxylation sites is 1. The van der Waals surface area contributed by atoms with Crippen LogP contribution in [0.2, 0.25) is 0 Å². The fourth-order valence-electron chi connectivity index (χ4n) is 1.83. The summed E-state index contributed by atoms with van der Waals surface area (Å²) in [5.41, 5.74) is 6.86. The minimum atomic E-state index is -0.0541. The fourth-order valence-corrected chi connectivity index (χ4v) is 1.83. The van der Waals surface area contributed by atoms with E-state index in [9.17, 15) is 4.79 Å². The van der Waals surface area contributed by atoms with E-state index >= 15 is 0 Å². The molecule has 0 unspecified atom stereocenters. The summed E-state index contributed by atoms with van der Waals surface area (Å²) < 4.78 is 5.39. The van der Waals surface area contributed by atoms with E-state index in [1.807, 2.05) is 30.3 Å². The summed E-state index contributed by atoms with van der Waals surface area (Å²) in [6.07, 6.45) is 0. The molecule has 0 heterocycles. The third-order valence-corrected chi connectivity index (χ3v) is 2.94. The summed E-state index contributed by atoms with van der Waals surface area (Å²) in [5.74, 6) is 0.663. The lowest BCUT2D eigenvalue weighted by Crippen LogP contribution is -2.26. The molecule has 0 spiro atoms. The Balaban J connectivity index is 2.09. The van der Waals surface area contributed by atoms with Crippen LogP contribution in [-0.4, -0.2) is 26.1 Å². The predicted molar refractivity (Wildman–Crippen MR) is 80.2 cm³/mol. The molecule has 0 aliphatic rings. The highest BCUT2D eigenvalue weighted by Crippen LogP contribution is 2.17. The van der Waals surface area contributed by atoms with Crippen molar-refractivity contribution in [3.8, 4) is 5.75 Å². The monoisotopic (exact) mass is 270 g/mol. The number of amides is 1. The Morgan fingerprint density at radius 1 is 1.10 bits per heavy atom. The van der Waals surface area contributed by atoms with Gasteiger partial charge in [-0.05, 0) is 36.4 Å². The highest BCUT2D eigenvalue weighted by molar-refractivity contribution is 6.05. The van der Waals surface area contributed by atoms with Gasteiger partial charge in [0, 0.05) is 24.8 Å². The Morgan fingerprint density at radius 3 is 2.35 bits per heavy atom. The molecule has 0 aliphatic carbocycles. The highest BCUT2D eigenvalue weighted by Gasteiger charge is 2.12. The van der Waals surface area contributed by atoms with Gasteiger partial charge in [-0.1, -0.05) is 18.2 Å². The first-order valence-corrected chi connectivity index (χ1v) is 6.48. The van der Waals surface area contributed by atoms with E-state index in [1.165, 1.54) is 0 Å². The van der Waals surface area contributed by atoms with Crippen molar-refractivity contribution in [2.75, 3.05) is 25.1 Å². The van der Waals surface area contributed by atoms with E-state index in [0.29, 0.717) is 18.7 Å². The van der Waals surface area contributed by atoms with Gasteiger partial charge in [0.15, 0.2) is 0 Å². The van der Waals surface area contributed by atoms with Gasteiger partial charge in [-0.25, -0.2) is 0 Å². The minimum absolute atomic E-state index is 0.0541. The molecule has 2 N–H and O–H groups in total. The molecule has 0 bridgehead atoms. The van der Waals surface area contributed by atoms with Crippen LogP contribution in [0.1, 0.15) is 10.4 Å². The molecule has 4 heteroatoms. The zero-order valence-corrected chi connectivity index (χ0v) is 11.5. The molecule has 104 valence electrons. The molecule has 0 saturated carbocycles. The van der Waals surface area contributed by atoms with Crippen LogP contribution in [-0.2, 0) is 0 Å². The molecule has 0 fully saturated rings. The zero-order chi connectivity index (χ0) is 14.4. The molecule has 0 radical (unpaired) electrons. The smallest absolute Gasteiger partial charge is 0.258 e. The van der Waals surface area contributed by atoms with E-state index in [2.05, 4.69) is 0 Å². The average molecular weight is 270 g/mol. The number of hydrogen-bond donors (Lipinski definition) is 1. The summed E-state index contributed by atoms with van der Waals surface area (Å²) in [5, 5.41) is 0. The van der Waals surface area contributed by atoms with Crippen molar-refractivity contribution in [3.05, 3.63) is 60.2 Å². The van der Waals surface area contributed by atoms with Gasteiger partial charge < -0.3 is 15.4 Å². The summed E-state index contributed by atoms with van der Waals surface area (Å²) in [7, 11) is 1.76. The zero-order valence-electron chi connectivity index (χ0n) is 11.5. The molecule has 2 rings (SSSR count). The van der Waals surface area contributed by atoms with Crippen molar-refractivity contribution in [2.45, 2.75) is 0 Å². The summed E-state index contributed by atoms with van der Waals surface area (Å²) in [4.78, 5) is 14.0. The highest BCUT2D eigenvalue weighted by atomic mass is 16.5. The normalized spacial score (nSPS) is 10.1. The van der Waals surface area contributed by atoms with Crippen LogP contribution in [0.5, 0.6) is 5.75 Å². The van der Waals surface area contributed by atoms with Crippen LogP contribution in [0.15, 0.2) is 54.6 Å². The standard InChI is InChI=1S/C16H18N2O2/c1-18(14-5-3-2-4-6-14)16(19)13-7-9-15(10-8-13)20-12-11-17/h2-10H,11-12,17H2,1H3. The second kappa shape index (κ2) is 6.73. The second-order valence-corrected chi connectivity index (χ2v) is 4.36. The van der Waals surface area contributed by atoms with E-state index in [-0.39, 0.29) is 5.91 Å². The largest absolute Gasteiger partial charge is 0.492 e. The number of anilines is 1. The maximum Gasteiger partial charge on any atom is 0.258 e. The van der Waals surface area contributed by atoms with Crippen molar-refractivity contribution < 1.29 is 9.53 Å². The van der Waals surface area contributed by atoms with E-state index in [0.717, 1.165) is 11.4 Å². The maximum absolute atomic E-state index is 12.3. The Bertz CT molecular complexity index is 552. The first-order valence-electron chi connectivity index (χ1n) is 6.48. The van der Waals surface area contributed by atoms with E-state index in [1.54, 1.807) is 36.2 Å². The van der Waals surface area contributed by atoms with Crippen LogP contribution < -0.4 is 15.4 Å². The quantitative estimate of drug-likeness (QED) is 0.907. The van der Waals surface area contributed by atoms with Crippen LogP contribution in [0.4, 0.5) is 5.69 Å². The van der Waals surface area contributed by atoms with Crippen LogP contribution in [0.25, 0.3) is 0 Å². The molecule has 0 aromatic heterocycles. The van der Waals surface area contributed by atoms with Gasteiger partial charge >= 0.3 is 0 Å². The van der Waals surface area contributed by atoms with Crippen molar-refractivity contribution in [1.29, 1.82) is 0 Å². The Labute approximate surface area is 118 Å². The first-order chi connectivity index (χ1) is 9.72. The Kier molecular flexibility index (Phi) is 4.74. The van der Waals surface area contributed by atoms with Crippen molar-refractivity contribution >= 4 is 11.6 Å². The summed E-state index contributed by atoms with van der Waals surface area (Å²) in [6, 6.07) is 16.6. The van der Waals surface area contributed by atoms with E-state index in [4.69, 9.17) is 10.5 Å². The van der Waals surface area contributed by atoms with Crippen LogP contribution in [0.3, 0.4) is 0 Å². The molecule has 2 aromatic carbocycles. The molecular formula is C16H18N2O2. The number of benzene rings is 2. The molecule has 1 amide bonds. The van der Waals surface area contributed by atoms with Gasteiger partial charge in [0.1, 0.15) is 12.4 Å². The number of carbonyl (C=O) groups excluding carboxylic acids is 1. The van der Waals surface area contributed by atoms with Crippen LogP contribution >= 0.6 is 0 Å². The number of nitrogens with zero attached hydrogens (tertiary/aromatic N) is 1. The minimum Gasteiger partial charge on any atom is -0.492 e. The molecule has 4 nitrogen and oxygen atoms in total. The molecule has 0 saturated heterocycles. The fraction of sp³-hybridized carbons (Fsp3) is 0.188. The number of rotatable bonds is 5. The Hall–Kier alpha value is -2.33. The Morgan fingerprint density at radius 2 is 1.75 bits per heavy atom. The third kappa shape index (κ3) is 3.36. The van der Waals surface area contributed by atoms with Gasteiger partial charge in [0.25, 0.3) is 5.91 Å². The lowest BCUT2D eigenvalue weighted by atomic mass is 10.2. The van der Waals surface area contributed by atoms with Gasteiger partial charge in [-0.15, -0.1) is 0 Å². The lowest BCUT2D eigenvalue weighted by molar-refractivity contribution is 0.0993. The molecular weight excluding hydrogens is 252 g/mol. The summed E-state index contributed by atoms with van der Waals surface area (Å²) >= 11 is 0. The van der Waals surface area contributed by atoms with Crippen molar-refractivity contribution in [2.24, 2.45) is 5.73 Å². The predicted octanol–water partition coefficient (Wildman–Crippen LogP) is 2.30. The maximum atomic E-state index is 12.3. The molecule has 2 aromatic rings. The van der Waals surface area contributed by atoms with Gasteiger partial charge in [0.2, 0.25) is 0 Å². The number of ether oxygens (including phenoxy) is 1. The van der Waals surface area contributed by atoms with Gasteiger partial charge in [0.05, 0.1) is 0 Å². The van der Waals surface area contributed by atoms with E-state index < -0.39 is 0 Å². The SMILES string of the molecule is CN(C(=O)c1ccc(OCCN)cc1)c1ccccc1. The van der Waals surface area contributed by atoms with Crippen molar-refractivity contribution in [3.63, 3.8) is 0 Å². The van der Waals surface area contributed by atoms with Gasteiger partial charge in [-0.2, -0.15) is 0 Å².